The van der Waals surface area contributed by atoms with Crippen LogP contribution in [0.25, 0.3) is 10.9 Å². The SMILES string of the molecule is NC(=O)n1cc(CC(=O)N2C3C[C@@H]3C[C@H]2C(=O)Nc2cccc(OC(F)(F)F)c2)c2cc(OCCO)ccc21. The lowest BCUT2D eigenvalue weighted by molar-refractivity contribution is -0.274. The van der Waals surface area contributed by atoms with Crippen molar-refractivity contribution in [1.29, 1.82) is 0 Å². The van der Waals surface area contributed by atoms with Gasteiger partial charge in [0.25, 0.3) is 0 Å². The quantitative estimate of drug-likeness (QED) is 0.398. The van der Waals surface area contributed by atoms with Gasteiger partial charge in [-0.3, -0.25) is 14.2 Å². The number of ether oxygens (including phenoxy) is 2. The zero-order chi connectivity index (χ0) is 27.9. The van der Waals surface area contributed by atoms with Crippen molar-refractivity contribution >= 4 is 34.4 Å². The fourth-order valence-corrected chi connectivity index (χ4v) is 5.15. The van der Waals surface area contributed by atoms with Crippen LogP contribution in [0.5, 0.6) is 11.5 Å². The maximum absolute atomic E-state index is 13.5. The van der Waals surface area contributed by atoms with Gasteiger partial charge in [-0.15, -0.1) is 13.2 Å². The summed E-state index contributed by atoms with van der Waals surface area (Å²) in [5.74, 6) is -0.728. The summed E-state index contributed by atoms with van der Waals surface area (Å²) >= 11 is 0. The molecule has 13 heteroatoms. The number of piperidine rings is 1. The molecule has 0 radical (unpaired) electrons. The summed E-state index contributed by atoms with van der Waals surface area (Å²) in [5.41, 5.74) is 6.60. The largest absolute Gasteiger partial charge is 0.573 e. The van der Waals surface area contributed by atoms with Crippen LogP contribution in [0.15, 0.2) is 48.7 Å². The number of likely N-dealkylation sites (tertiary alicyclic amines) is 1. The van der Waals surface area contributed by atoms with E-state index >= 15 is 0 Å². The van der Waals surface area contributed by atoms with Crippen molar-refractivity contribution < 1.29 is 42.1 Å². The first-order valence-corrected chi connectivity index (χ1v) is 12.2. The highest BCUT2D eigenvalue weighted by Crippen LogP contribution is 2.48. The highest BCUT2D eigenvalue weighted by molar-refractivity contribution is 6.00. The number of amides is 3. The van der Waals surface area contributed by atoms with E-state index in [2.05, 4.69) is 10.1 Å². The topological polar surface area (TPSA) is 136 Å². The minimum atomic E-state index is -4.87. The number of benzene rings is 2. The number of anilines is 1. The summed E-state index contributed by atoms with van der Waals surface area (Å²) in [7, 11) is 0. The van der Waals surface area contributed by atoms with Gasteiger partial charge in [0.15, 0.2) is 0 Å². The van der Waals surface area contributed by atoms with Gasteiger partial charge in [-0.25, -0.2) is 4.79 Å². The number of rotatable bonds is 8. The van der Waals surface area contributed by atoms with Gasteiger partial charge in [-0.2, -0.15) is 0 Å². The molecule has 0 spiro atoms. The molecule has 206 valence electrons. The third-order valence-electron chi connectivity index (χ3n) is 6.83. The number of fused-ring (bicyclic) bond motifs is 2. The van der Waals surface area contributed by atoms with Gasteiger partial charge in [0, 0.05) is 29.4 Å². The first-order valence-electron chi connectivity index (χ1n) is 12.2. The zero-order valence-corrected chi connectivity index (χ0v) is 20.5. The number of alkyl halides is 3. The molecule has 39 heavy (non-hydrogen) atoms. The predicted molar refractivity (Wildman–Crippen MR) is 132 cm³/mol. The highest BCUT2D eigenvalue weighted by atomic mass is 19.4. The molecule has 3 amide bonds. The van der Waals surface area contributed by atoms with Gasteiger partial charge >= 0.3 is 12.4 Å². The third-order valence-corrected chi connectivity index (χ3v) is 6.83. The number of hydrogen-bond donors (Lipinski definition) is 3. The molecule has 3 aromatic rings. The molecular formula is C26H25F3N4O6. The van der Waals surface area contributed by atoms with Gasteiger partial charge in [-0.05, 0) is 54.7 Å². The standard InChI is InChI=1S/C26H25F3N4O6/c27-26(28,29)39-18-3-1-2-16(11-18)31-24(36)22-9-14-8-21(14)33(22)23(35)10-15-13-32(25(30)37)20-5-4-17(12-19(15)20)38-7-6-34/h1-5,11-14,21-22,34H,6-10H2,(H2,30,37)(H,31,36)/t14-,21?,22+/m1/s1. The molecule has 2 aliphatic rings. The van der Waals surface area contributed by atoms with Crippen LogP contribution in [0.2, 0.25) is 0 Å². The fourth-order valence-electron chi connectivity index (χ4n) is 5.15. The number of aliphatic hydroxyl groups excluding tert-OH is 1. The van der Waals surface area contributed by atoms with Crippen molar-refractivity contribution in [1.82, 2.24) is 9.47 Å². The fraction of sp³-hybridized carbons (Fsp3) is 0.346. The van der Waals surface area contributed by atoms with Gasteiger partial charge in [0.05, 0.1) is 18.5 Å². The Hall–Kier alpha value is -4.26. The van der Waals surface area contributed by atoms with Crippen molar-refractivity contribution in [2.24, 2.45) is 11.7 Å². The number of halogens is 3. The molecule has 0 bridgehead atoms. The van der Waals surface area contributed by atoms with Crippen LogP contribution in [0.1, 0.15) is 18.4 Å². The van der Waals surface area contributed by atoms with E-state index in [-0.39, 0.29) is 43.2 Å². The second kappa shape index (κ2) is 10.1. The van der Waals surface area contributed by atoms with Crippen LogP contribution in [0.4, 0.5) is 23.7 Å². The van der Waals surface area contributed by atoms with Crippen LogP contribution in [-0.4, -0.2) is 64.1 Å². The molecule has 1 aliphatic heterocycles. The summed E-state index contributed by atoms with van der Waals surface area (Å²) in [6.07, 6.45) is -2.33. The number of aromatic nitrogens is 1. The average molecular weight is 547 g/mol. The molecule has 4 N–H and O–H groups in total. The van der Waals surface area contributed by atoms with Gasteiger partial charge in [0.1, 0.15) is 24.1 Å². The Morgan fingerprint density at radius 1 is 1.10 bits per heavy atom. The summed E-state index contributed by atoms with van der Waals surface area (Å²) in [6.45, 7) is -0.124. The number of nitrogens with one attached hydrogen (secondary N) is 1. The van der Waals surface area contributed by atoms with E-state index in [0.29, 0.717) is 28.6 Å². The number of nitrogens with two attached hydrogens (primary N) is 1. The van der Waals surface area contributed by atoms with E-state index in [1.54, 1.807) is 18.2 Å². The lowest BCUT2D eigenvalue weighted by Gasteiger charge is -2.27. The monoisotopic (exact) mass is 546 g/mol. The number of hydrogen-bond acceptors (Lipinski definition) is 6. The molecular weight excluding hydrogens is 521 g/mol. The molecule has 1 saturated heterocycles. The van der Waals surface area contributed by atoms with Crippen molar-refractivity contribution in [3.8, 4) is 11.5 Å². The second-order valence-corrected chi connectivity index (χ2v) is 9.47. The Morgan fingerprint density at radius 3 is 2.62 bits per heavy atom. The van der Waals surface area contributed by atoms with E-state index in [1.807, 2.05) is 0 Å². The maximum Gasteiger partial charge on any atom is 0.573 e. The van der Waals surface area contributed by atoms with Gasteiger partial charge in [0.2, 0.25) is 11.8 Å². The molecule has 10 nitrogen and oxygen atoms in total. The minimum Gasteiger partial charge on any atom is -0.491 e. The Kier molecular flexibility index (Phi) is 6.85. The summed E-state index contributed by atoms with van der Waals surface area (Å²) in [4.78, 5) is 40.2. The number of aliphatic hydroxyl groups is 1. The zero-order valence-electron chi connectivity index (χ0n) is 20.5. The Morgan fingerprint density at radius 2 is 1.90 bits per heavy atom. The van der Waals surface area contributed by atoms with Crippen LogP contribution < -0.4 is 20.5 Å². The van der Waals surface area contributed by atoms with Crippen molar-refractivity contribution in [3.05, 3.63) is 54.2 Å². The van der Waals surface area contributed by atoms with Crippen LogP contribution in [0, 0.1) is 5.92 Å². The summed E-state index contributed by atoms with van der Waals surface area (Å²) in [5, 5.41) is 12.2. The van der Waals surface area contributed by atoms with E-state index < -0.39 is 30.1 Å². The summed E-state index contributed by atoms with van der Waals surface area (Å²) in [6, 6.07) is 8.17. The molecule has 1 unspecified atom stereocenters. The number of carbonyl (C=O) groups is 3. The Balaban J connectivity index is 1.35. The first-order chi connectivity index (χ1) is 18.5. The molecule has 1 aromatic heterocycles. The minimum absolute atomic E-state index is 0.0647. The molecule has 5 rings (SSSR count). The average Bonchev–Trinajstić information content (AvgIpc) is 3.37. The number of carbonyl (C=O) groups excluding carboxylic acids is 3. The van der Waals surface area contributed by atoms with Crippen LogP contribution >= 0.6 is 0 Å². The van der Waals surface area contributed by atoms with E-state index in [0.717, 1.165) is 18.6 Å². The summed E-state index contributed by atoms with van der Waals surface area (Å²) < 4.78 is 48.3. The Bertz CT molecular complexity index is 1440. The smallest absolute Gasteiger partial charge is 0.491 e. The van der Waals surface area contributed by atoms with E-state index in [9.17, 15) is 27.6 Å². The highest BCUT2D eigenvalue weighted by Gasteiger charge is 2.55. The van der Waals surface area contributed by atoms with Crippen molar-refractivity contribution in [2.45, 2.75) is 37.7 Å². The molecule has 2 aromatic carbocycles. The normalized spacial score (nSPS) is 20.0. The lowest BCUT2D eigenvalue weighted by atomic mass is 10.1. The third kappa shape index (κ3) is 5.62. The molecule has 1 aliphatic carbocycles. The first kappa shape index (κ1) is 26.4. The molecule has 2 fully saturated rings. The van der Waals surface area contributed by atoms with Crippen molar-refractivity contribution in [3.63, 3.8) is 0 Å². The number of primary amides is 1. The predicted octanol–water partition coefficient (Wildman–Crippen LogP) is 3.01. The van der Waals surface area contributed by atoms with Gasteiger partial charge < -0.3 is 30.5 Å². The Labute approximate surface area is 220 Å². The van der Waals surface area contributed by atoms with E-state index in [4.69, 9.17) is 15.6 Å². The molecule has 3 atom stereocenters. The maximum atomic E-state index is 13.5. The number of nitrogens with zero attached hydrogens (tertiary/aromatic N) is 2. The molecule has 1 saturated carbocycles. The van der Waals surface area contributed by atoms with E-state index in [1.165, 1.54) is 27.8 Å². The van der Waals surface area contributed by atoms with Gasteiger partial charge in [-0.1, -0.05) is 6.07 Å². The second-order valence-electron chi connectivity index (χ2n) is 9.47. The van der Waals surface area contributed by atoms with Crippen molar-refractivity contribution in [2.75, 3.05) is 18.5 Å². The van der Waals surface area contributed by atoms with Crippen LogP contribution in [0.3, 0.4) is 0 Å². The van der Waals surface area contributed by atoms with Crippen LogP contribution in [-0.2, 0) is 16.0 Å². The molecule has 2 heterocycles. The lowest BCUT2D eigenvalue weighted by Crippen LogP contribution is -2.46.